The maximum atomic E-state index is 13.1. The van der Waals surface area contributed by atoms with Gasteiger partial charge in [-0.2, -0.15) is 0 Å². The first-order valence-corrected chi connectivity index (χ1v) is 9.74. The minimum absolute atomic E-state index is 0.0921. The normalized spacial score (nSPS) is 25.3. The van der Waals surface area contributed by atoms with Crippen LogP contribution in [0.4, 0.5) is 9.18 Å². The van der Waals surface area contributed by atoms with Crippen molar-refractivity contribution in [2.24, 2.45) is 0 Å². The summed E-state index contributed by atoms with van der Waals surface area (Å²) in [5.74, 6) is -0.206. The molecule has 25 heavy (non-hydrogen) atoms. The molecule has 1 aromatic carbocycles. The predicted molar refractivity (Wildman–Crippen MR) is 96.0 cm³/mol. The molecule has 5 heteroatoms. The number of amides is 2. The summed E-state index contributed by atoms with van der Waals surface area (Å²) in [5, 5.41) is 3.27. The number of piperidine rings is 1. The standard InChI is InChI=1S/C20H28FN3O/c21-16-5-3-15(4-6-16)14-19-2-1-11-24(19)20(25)22-17-9-12-23(13-10-17)18-7-8-18/h3-6,17-19H,1-2,7-14H2,(H,22,25). The number of carbonyl (C=O) groups is 1. The Balaban J connectivity index is 1.29. The van der Waals surface area contributed by atoms with Crippen LogP contribution in [-0.4, -0.2) is 53.6 Å². The van der Waals surface area contributed by atoms with Crippen LogP contribution in [0, 0.1) is 5.82 Å². The highest BCUT2D eigenvalue weighted by Crippen LogP contribution is 2.29. The molecule has 1 atom stereocenters. The van der Waals surface area contributed by atoms with E-state index in [9.17, 15) is 9.18 Å². The van der Waals surface area contributed by atoms with Gasteiger partial charge in [0.25, 0.3) is 0 Å². The Kier molecular flexibility index (Phi) is 4.93. The highest BCUT2D eigenvalue weighted by atomic mass is 19.1. The summed E-state index contributed by atoms with van der Waals surface area (Å²) >= 11 is 0. The maximum absolute atomic E-state index is 13.1. The SMILES string of the molecule is O=C(NC1CCN(C2CC2)CC1)N1CCCC1Cc1ccc(F)cc1. The zero-order valence-electron chi connectivity index (χ0n) is 14.8. The van der Waals surface area contributed by atoms with Crippen molar-refractivity contribution in [3.63, 3.8) is 0 Å². The fourth-order valence-electron chi connectivity index (χ4n) is 4.31. The van der Waals surface area contributed by atoms with Crippen LogP contribution in [0.3, 0.4) is 0 Å². The van der Waals surface area contributed by atoms with Crippen molar-refractivity contribution in [1.29, 1.82) is 0 Å². The molecule has 4 rings (SSSR count). The first-order valence-electron chi connectivity index (χ1n) is 9.74. The summed E-state index contributed by atoms with van der Waals surface area (Å²) < 4.78 is 13.1. The van der Waals surface area contributed by atoms with Crippen molar-refractivity contribution in [3.05, 3.63) is 35.6 Å². The van der Waals surface area contributed by atoms with E-state index in [4.69, 9.17) is 0 Å². The van der Waals surface area contributed by atoms with Crippen molar-refractivity contribution >= 4 is 6.03 Å². The minimum Gasteiger partial charge on any atom is -0.335 e. The lowest BCUT2D eigenvalue weighted by Gasteiger charge is -2.34. The van der Waals surface area contributed by atoms with Crippen LogP contribution in [0.15, 0.2) is 24.3 Å². The van der Waals surface area contributed by atoms with Crippen LogP contribution in [0.2, 0.25) is 0 Å². The summed E-state index contributed by atoms with van der Waals surface area (Å²) in [5.41, 5.74) is 1.10. The quantitative estimate of drug-likeness (QED) is 0.910. The number of nitrogens with one attached hydrogen (secondary N) is 1. The smallest absolute Gasteiger partial charge is 0.317 e. The Morgan fingerprint density at radius 3 is 2.44 bits per heavy atom. The Morgan fingerprint density at radius 1 is 1.04 bits per heavy atom. The fourth-order valence-corrected chi connectivity index (χ4v) is 4.31. The second-order valence-electron chi connectivity index (χ2n) is 7.81. The fraction of sp³-hybridized carbons (Fsp3) is 0.650. The molecule has 136 valence electrons. The van der Waals surface area contributed by atoms with Gasteiger partial charge in [0.05, 0.1) is 0 Å². The van der Waals surface area contributed by atoms with E-state index >= 15 is 0 Å². The highest BCUT2D eigenvalue weighted by Gasteiger charge is 2.34. The lowest BCUT2D eigenvalue weighted by Crippen LogP contribution is -2.51. The van der Waals surface area contributed by atoms with Gasteiger partial charge in [0.2, 0.25) is 0 Å². The van der Waals surface area contributed by atoms with Crippen molar-refractivity contribution in [2.45, 2.75) is 63.1 Å². The first-order chi connectivity index (χ1) is 12.2. The number of carbonyl (C=O) groups excluding carboxylic acids is 1. The molecule has 3 aliphatic rings. The monoisotopic (exact) mass is 345 g/mol. The number of likely N-dealkylation sites (tertiary alicyclic amines) is 2. The van der Waals surface area contributed by atoms with Crippen molar-refractivity contribution in [2.75, 3.05) is 19.6 Å². The van der Waals surface area contributed by atoms with E-state index in [-0.39, 0.29) is 17.9 Å². The molecular formula is C20H28FN3O. The first kappa shape index (κ1) is 16.8. The van der Waals surface area contributed by atoms with E-state index in [2.05, 4.69) is 10.2 Å². The van der Waals surface area contributed by atoms with Crippen LogP contribution in [-0.2, 0) is 6.42 Å². The lowest BCUT2D eigenvalue weighted by atomic mass is 10.0. The van der Waals surface area contributed by atoms with Gasteiger partial charge >= 0.3 is 6.03 Å². The van der Waals surface area contributed by atoms with Gasteiger partial charge in [0.15, 0.2) is 0 Å². The largest absolute Gasteiger partial charge is 0.335 e. The summed E-state index contributed by atoms with van der Waals surface area (Å²) in [6.45, 7) is 3.07. The van der Waals surface area contributed by atoms with Crippen LogP contribution in [0.5, 0.6) is 0 Å². The molecule has 1 saturated carbocycles. The van der Waals surface area contributed by atoms with Gasteiger partial charge in [-0.1, -0.05) is 12.1 Å². The summed E-state index contributed by atoms with van der Waals surface area (Å²) in [4.78, 5) is 17.3. The molecule has 2 aliphatic heterocycles. The lowest BCUT2D eigenvalue weighted by molar-refractivity contribution is 0.165. The van der Waals surface area contributed by atoms with Gasteiger partial charge in [-0.15, -0.1) is 0 Å². The minimum atomic E-state index is -0.206. The second-order valence-corrected chi connectivity index (χ2v) is 7.81. The number of benzene rings is 1. The van der Waals surface area contributed by atoms with Gasteiger partial charge in [-0.05, 0) is 62.6 Å². The number of urea groups is 1. The Morgan fingerprint density at radius 2 is 1.76 bits per heavy atom. The third-order valence-electron chi connectivity index (χ3n) is 5.94. The average Bonchev–Trinajstić information content (AvgIpc) is 3.37. The van der Waals surface area contributed by atoms with E-state index in [1.165, 1.54) is 25.0 Å². The van der Waals surface area contributed by atoms with Gasteiger partial charge in [0, 0.05) is 37.8 Å². The molecule has 0 radical (unpaired) electrons. The predicted octanol–water partition coefficient (Wildman–Crippen LogP) is 3.17. The van der Waals surface area contributed by atoms with E-state index in [0.29, 0.717) is 6.04 Å². The van der Waals surface area contributed by atoms with Crippen LogP contribution in [0.25, 0.3) is 0 Å². The Labute approximate surface area is 149 Å². The molecular weight excluding hydrogens is 317 g/mol. The maximum Gasteiger partial charge on any atom is 0.317 e. The zero-order chi connectivity index (χ0) is 17.2. The van der Waals surface area contributed by atoms with Crippen LogP contribution in [0.1, 0.15) is 44.1 Å². The van der Waals surface area contributed by atoms with Gasteiger partial charge < -0.3 is 15.1 Å². The number of hydrogen-bond acceptors (Lipinski definition) is 2. The molecule has 2 amide bonds. The van der Waals surface area contributed by atoms with Gasteiger partial charge in [0.1, 0.15) is 5.82 Å². The highest BCUT2D eigenvalue weighted by molar-refractivity contribution is 5.75. The van der Waals surface area contributed by atoms with Gasteiger partial charge in [-0.3, -0.25) is 0 Å². The summed E-state index contributed by atoms with van der Waals surface area (Å²) in [7, 11) is 0. The Bertz CT molecular complexity index is 593. The van der Waals surface area contributed by atoms with E-state index < -0.39 is 0 Å². The third kappa shape index (κ3) is 4.14. The number of halogens is 1. The molecule has 2 heterocycles. The van der Waals surface area contributed by atoms with Crippen molar-refractivity contribution < 1.29 is 9.18 Å². The van der Waals surface area contributed by atoms with Gasteiger partial charge in [-0.25, -0.2) is 9.18 Å². The molecule has 1 N–H and O–H groups in total. The molecule has 4 nitrogen and oxygen atoms in total. The number of hydrogen-bond donors (Lipinski definition) is 1. The Hall–Kier alpha value is -1.62. The molecule has 2 saturated heterocycles. The van der Waals surface area contributed by atoms with E-state index in [1.807, 2.05) is 17.0 Å². The van der Waals surface area contributed by atoms with E-state index in [1.54, 1.807) is 0 Å². The molecule has 0 aromatic heterocycles. The topological polar surface area (TPSA) is 35.6 Å². The summed E-state index contributed by atoms with van der Waals surface area (Å²) in [6, 6.07) is 8.13. The third-order valence-corrected chi connectivity index (χ3v) is 5.94. The molecule has 1 unspecified atom stereocenters. The molecule has 1 aromatic rings. The molecule has 0 bridgehead atoms. The number of rotatable bonds is 4. The molecule has 3 fully saturated rings. The van der Waals surface area contributed by atoms with Crippen LogP contribution >= 0.6 is 0 Å². The van der Waals surface area contributed by atoms with Crippen LogP contribution < -0.4 is 5.32 Å². The van der Waals surface area contributed by atoms with Crippen molar-refractivity contribution in [3.8, 4) is 0 Å². The molecule has 0 spiro atoms. The summed E-state index contributed by atoms with van der Waals surface area (Å²) in [6.07, 6.45) is 7.75. The van der Waals surface area contributed by atoms with E-state index in [0.717, 1.165) is 63.3 Å². The zero-order valence-corrected chi connectivity index (χ0v) is 14.8. The number of nitrogens with zero attached hydrogens (tertiary/aromatic N) is 2. The van der Waals surface area contributed by atoms with Crippen molar-refractivity contribution in [1.82, 2.24) is 15.1 Å². The molecule has 1 aliphatic carbocycles. The average molecular weight is 345 g/mol. The second kappa shape index (κ2) is 7.32.